The van der Waals surface area contributed by atoms with Gasteiger partial charge in [-0.1, -0.05) is 217 Å². The minimum absolute atomic E-state index is 0. The molecule has 15 aromatic rings. The SMILES string of the molecule is [2H]c1c([2H])c([2H])c(-c2cnc(-n3c4[c-]c(Oc5[c-]c(-n6[c-][n+](-c7c(-c8c([2H])c(-c9c([2H])c([2H])c([2H])c([2H])c9[2H])c([2H])c(-c9c([2H])c([2H])c([2H])c([2H])c9[2H])c8[2H])cccc7-c7c([2H])c(-c8c([2H])c([2H])c([2H])c([2H])c8[2H])c([2H])c(-c8c([2H])c([2H])c([2H])c([2H])c8[2H])c7[2H])c7ccccc76)ccc5)ccc4c4ccccc43)cc2C([2H])([2H])[2H])c([2H])c1[2H].[Pt]. The summed E-state index contributed by atoms with van der Waals surface area (Å²) in [5.41, 5.74) is -9.23. The van der Waals surface area contributed by atoms with Crippen LogP contribution in [0.1, 0.15) is 52.2 Å². The van der Waals surface area contributed by atoms with Gasteiger partial charge in [-0.2, -0.15) is 18.2 Å². The first kappa shape index (κ1) is 27.3. The van der Waals surface area contributed by atoms with Crippen LogP contribution in [-0.2, 0) is 21.1 Å². The van der Waals surface area contributed by atoms with Crippen LogP contribution in [0.3, 0.4) is 0 Å². The number of benzene rings is 12. The van der Waals surface area contributed by atoms with Crippen LogP contribution in [-0.4, -0.2) is 14.1 Å². The van der Waals surface area contributed by atoms with E-state index < -0.39 is 272 Å². The number of ether oxygens (including phenoxy) is 1. The number of imidazole rings is 1. The van der Waals surface area contributed by atoms with Crippen molar-refractivity contribution in [2.24, 2.45) is 0 Å². The van der Waals surface area contributed by atoms with Crippen molar-refractivity contribution in [2.45, 2.75) is 6.85 Å². The third kappa shape index (κ3) is 10.1. The Bertz CT molecular complexity index is 6440. The molecule has 15 rings (SSSR count). The fourth-order valence-corrected chi connectivity index (χ4v) is 9.87. The normalized spacial score (nSPS) is 17.0. The Balaban J connectivity index is 0.0000116. The average Bonchev–Trinajstić information content (AvgIpc) is 1.43. The number of hydrogen-bond donors (Lipinski definition) is 0. The molecule has 0 saturated carbocycles. The van der Waals surface area contributed by atoms with Crippen molar-refractivity contribution in [1.82, 2.24) is 14.1 Å². The standard InChI is InChI=1S/C79H52N4O.Pt/c1-54-43-78(80-52-73(54)59-31-15-6-16-32-59)83-74-38-18-17-35-71(74)72-42-41-68(51-77(72)83)84-67-34-21-33-66(50-67)81-53-82(76-40-20-19-39-75(76)81)79-69(64-46-60(55-23-7-2-8-24-55)44-61(47-64)56-25-9-3-10-26-56)36-22-37-70(79)65-48-62(57-27-11-4-12-28-57)45-63(49-65)58-29-13-5-14-30-58;/h2-49,52H,1H3;/q-2;/i1D3,2D,3D,4D,5D,6D,7D,8D,9D,10D,11D,12D,13D,14D,15D,16D,23D,24D,25D,26D,27D,28D,29D,30D,31D,32D,44D,45D,46D,47D,48D,49D;. The summed E-state index contributed by atoms with van der Waals surface area (Å²) in [6.07, 6.45) is 4.41. The van der Waals surface area contributed by atoms with Crippen LogP contribution >= 0.6 is 0 Å². The van der Waals surface area contributed by atoms with Crippen LogP contribution in [0, 0.1) is 25.3 Å². The van der Waals surface area contributed by atoms with Crippen LogP contribution in [0.15, 0.2) is 297 Å². The predicted octanol–water partition coefficient (Wildman–Crippen LogP) is 19.6. The summed E-state index contributed by atoms with van der Waals surface area (Å²) in [7, 11) is 0. The zero-order chi connectivity index (χ0) is 85.4. The molecule has 0 amide bonds. The summed E-state index contributed by atoms with van der Waals surface area (Å²) in [6.45, 7) is -2.94. The maximum absolute atomic E-state index is 10.4. The van der Waals surface area contributed by atoms with E-state index in [1.54, 1.807) is 71.3 Å². The Morgan fingerprint density at radius 1 is 0.447 bits per heavy atom. The summed E-state index contributed by atoms with van der Waals surface area (Å²) < 4.78 is 320. The fraction of sp³-hybridized carbons (Fsp3) is 0.0127. The minimum atomic E-state index is -2.94. The van der Waals surface area contributed by atoms with Crippen LogP contribution in [0.4, 0.5) is 0 Å². The number of nitrogens with zero attached hydrogens (tertiary/aromatic N) is 4. The fourth-order valence-electron chi connectivity index (χ4n) is 9.87. The van der Waals surface area contributed by atoms with E-state index >= 15 is 0 Å². The van der Waals surface area contributed by atoms with Crippen LogP contribution in [0.25, 0.3) is 128 Å². The van der Waals surface area contributed by atoms with Gasteiger partial charge in [0.2, 0.25) is 0 Å². The second-order valence-electron chi connectivity index (χ2n) is 18.5. The van der Waals surface area contributed by atoms with E-state index in [9.17, 15) is 19.2 Å². The van der Waals surface area contributed by atoms with Crippen molar-refractivity contribution >= 4 is 32.8 Å². The molecule has 0 N–H and O–H groups in total. The van der Waals surface area contributed by atoms with Gasteiger partial charge in [0.05, 0.1) is 59.2 Å². The second kappa shape index (κ2) is 22.7. The molecule has 0 bridgehead atoms. The van der Waals surface area contributed by atoms with Crippen LogP contribution in [0.5, 0.6) is 11.5 Å². The van der Waals surface area contributed by atoms with E-state index in [1.807, 2.05) is 0 Å². The van der Waals surface area contributed by atoms with Gasteiger partial charge >= 0.3 is 0 Å². The Morgan fingerprint density at radius 2 is 0.941 bits per heavy atom. The van der Waals surface area contributed by atoms with Crippen molar-refractivity contribution < 1.29 is 77.0 Å². The summed E-state index contributed by atoms with van der Waals surface area (Å²) in [5.74, 6) is 0.0484. The molecule has 0 fully saturated rings. The van der Waals surface area contributed by atoms with Gasteiger partial charge in [0.25, 0.3) is 6.33 Å². The predicted molar refractivity (Wildman–Crippen MR) is 343 cm³/mol. The number of aryl methyl sites for hydroxylation is 1. The van der Waals surface area contributed by atoms with Gasteiger partial charge in [-0.25, -0.2) is 4.98 Å². The zero-order valence-electron chi connectivity index (χ0n) is 77.4. The van der Waals surface area contributed by atoms with Crippen molar-refractivity contribution in [2.75, 3.05) is 0 Å². The Hall–Kier alpha value is -10.5. The van der Waals surface area contributed by atoms with E-state index in [1.165, 1.54) is 45.5 Å². The first-order valence-corrected chi connectivity index (χ1v) is 25.6. The number of fused-ring (bicyclic) bond motifs is 4. The summed E-state index contributed by atoms with van der Waals surface area (Å²) in [4.78, 5) is 4.66. The van der Waals surface area contributed by atoms with E-state index in [4.69, 9.17) is 32.2 Å². The van der Waals surface area contributed by atoms with Crippen LogP contribution in [0.2, 0.25) is 0 Å². The molecule has 6 heteroatoms. The summed E-state index contributed by atoms with van der Waals surface area (Å²) in [6, 6.07) is 4.07. The maximum atomic E-state index is 10.4. The molecule has 406 valence electrons. The molecule has 0 radical (unpaired) electrons. The Morgan fingerprint density at radius 3 is 1.51 bits per heavy atom. The van der Waals surface area contributed by atoms with Crippen molar-refractivity contribution in [3.05, 3.63) is 321 Å². The molecule has 3 aromatic heterocycles. The molecule has 3 heterocycles. The topological polar surface area (TPSA) is 35.9 Å². The smallest absolute Gasteiger partial charge is 0.268 e. The number of para-hydroxylation sites is 4. The number of aromatic nitrogens is 4. The quantitative estimate of drug-likeness (QED) is 0.0903. The number of hydrogen-bond acceptors (Lipinski definition) is 2. The maximum Gasteiger partial charge on any atom is 0.268 e. The molecule has 0 atom stereocenters. The van der Waals surface area contributed by atoms with Gasteiger partial charge in [0, 0.05) is 54.0 Å². The number of rotatable bonds is 12. The van der Waals surface area contributed by atoms with E-state index in [0.29, 0.717) is 21.8 Å². The first-order chi connectivity index (χ1) is 55.7. The van der Waals surface area contributed by atoms with E-state index in [0.717, 1.165) is 6.20 Å². The van der Waals surface area contributed by atoms with E-state index in [-0.39, 0.29) is 66.2 Å². The van der Waals surface area contributed by atoms with Crippen molar-refractivity contribution in [1.29, 1.82) is 0 Å². The molecule has 12 aromatic carbocycles. The molecule has 0 unspecified atom stereocenters. The van der Waals surface area contributed by atoms with Gasteiger partial charge in [-0.05, 0) is 144 Å². The third-order valence-corrected chi connectivity index (χ3v) is 13.5. The molecule has 0 aliphatic rings. The molecule has 85 heavy (non-hydrogen) atoms. The van der Waals surface area contributed by atoms with Gasteiger partial charge in [-0.3, -0.25) is 4.57 Å². The molecule has 0 spiro atoms. The third-order valence-electron chi connectivity index (χ3n) is 13.5. The first-order valence-electron chi connectivity index (χ1n) is 42.6. The van der Waals surface area contributed by atoms with Gasteiger partial charge in [0.1, 0.15) is 5.82 Å². The van der Waals surface area contributed by atoms with Gasteiger partial charge in [-0.15, -0.1) is 29.7 Å². The molecular weight excluding hydrogens is 1220 g/mol. The molecule has 5 nitrogen and oxygen atoms in total. The zero-order valence-corrected chi connectivity index (χ0v) is 45.7. The minimum Gasteiger partial charge on any atom is -0.510 e. The summed E-state index contributed by atoms with van der Waals surface area (Å²) >= 11 is 0. The van der Waals surface area contributed by atoms with E-state index in [2.05, 4.69) is 23.4 Å². The molecule has 0 saturated heterocycles. The monoisotopic (exact) mass is 1300 g/mol. The van der Waals surface area contributed by atoms with Gasteiger partial charge < -0.3 is 13.9 Å². The van der Waals surface area contributed by atoms with Crippen molar-refractivity contribution in [3.63, 3.8) is 0 Å². The molecular formula is C79H52N4OPt-2. The van der Waals surface area contributed by atoms with Crippen molar-refractivity contribution in [3.8, 4) is 107 Å². The average molecular weight is 1300 g/mol. The molecule has 0 aliphatic carbocycles. The second-order valence-corrected chi connectivity index (χ2v) is 18.5. The molecule has 0 aliphatic heterocycles. The Kier molecular flexibility index (Phi) is 7.29. The Labute approximate surface area is 556 Å². The number of pyridine rings is 1. The largest absolute Gasteiger partial charge is 0.510 e. The van der Waals surface area contributed by atoms with Crippen LogP contribution < -0.4 is 9.30 Å². The van der Waals surface area contributed by atoms with Gasteiger partial charge in [0.15, 0.2) is 0 Å². The summed E-state index contributed by atoms with van der Waals surface area (Å²) in [5, 5.41) is 1.23.